The quantitative estimate of drug-likeness (QED) is 0.626. The number of methoxy groups -OCH3 is 2. The molecule has 0 radical (unpaired) electrons. The summed E-state index contributed by atoms with van der Waals surface area (Å²) in [5.41, 5.74) is 0. The maximum absolute atomic E-state index is 11.9. The van der Waals surface area contributed by atoms with Crippen LogP contribution in [0.3, 0.4) is 0 Å². The standard InChI is InChI=1S/C17H27N3O3S.ClH/c1-22-15-4-3-14(13-16(15)23-2)24-12-5-17(21)19-8-11-20-9-6-18-7-10-20;/h3-4,13,18H,5-12H2,1-2H3,(H,19,21);1H. The number of halogens is 1. The fraction of sp³-hybridized carbons (Fsp3) is 0.588. The highest BCUT2D eigenvalue weighted by molar-refractivity contribution is 7.99. The van der Waals surface area contributed by atoms with Crippen molar-refractivity contribution in [3.8, 4) is 11.5 Å². The van der Waals surface area contributed by atoms with Crippen LogP contribution in [-0.4, -0.2) is 70.0 Å². The number of ether oxygens (including phenoxy) is 2. The number of carbonyl (C=O) groups is 1. The molecule has 1 fully saturated rings. The number of nitrogens with one attached hydrogen (secondary N) is 2. The first-order valence-electron chi connectivity index (χ1n) is 8.27. The molecule has 2 N–H and O–H groups in total. The highest BCUT2D eigenvalue weighted by Gasteiger charge is 2.10. The highest BCUT2D eigenvalue weighted by atomic mass is 35.5. The first-order valence-corrected chi connectivity index (χ1v) is 9.26. The summed E-state index contributed by atoms with van der Waals surface area (Å²) < 4.78 is 10.5. The second-order valence-corrected chi connectivity index (χ2v) is 6.73. The van der Waals surface area contributed by atoms with Crippen molar-refractivity contribution in [3.05, 3.63) is 18.2 Å². The van der Waals surface area contributed by atoms with E-state index in [9.17, 15) is 4.79 Å². The van der Waals surface area contributed by atoms with E-state index in [1.165, 1.54) is 0 Å². The second kappa shape index (κ2) is 12.2. The Morgan fingerprint density at radius 3 is 2.64 bits per heavy atom. The van der Waals surface area contributed by atoms with Crippen LogP contribution >= 0.6 is 24.2 Å². The Morgan fingerprint density at radius 1 is 1.24 bits per heavy atom. The average Bonchev–Trinajstić information content (AvgIpc) is 2.62. The van der Waals surface area contributed by atoms with E-state index < -0.39 is 0 Å². The molecule has 1 saturated heterocycles. The van der Waals surface area contributed by atoms with Crippen LogP contribution < -0.4 is 20.1 Å². The summed E-state index contributed by atoms with van der Waals surface area (Å²) in [5.74, 6) is 2.28. The minimum atomic E-state index is 0. The van der Waals surface area contributed by atoms with Gasteiger partial charge in [-0.25, -0.2) is 0 Å². The van der Waals surface area contributed by atoms with Crippen LogP contribution in [0, 0.1) is 0 Å². The lowest BCUT2D eigenvalue weighted by atomic mass is 10.3. The van der Waals surface area contributed by atoms with Crippen molar-refractivity contribution in [1.29, 1.82) is 0 Å². The molecule has 1 heterocycles. The van der Waals surface area contributed by atoms with Crippen LogP contribution in [0.2, 0.25) is 0 Å². The van der Waals surface area contributed by atoms with E-state index in [0.717, 1.165) is 49.9 Å². The molecule has 0 unspecified atom stereocenters. The minimum absolute atomic E-state index is 0. The van der Waals surface area contributed by atoms with Gasteiger partial charge >= 0.3 is 0 Å². The summed E-state index contributed by atoms with van der Waals surface area (Å²) in [4.78, 5) is 15.3. The minimum Gasteiger partial charge on any atom is -0.493 e. The molecule has 25 heavy (non-hydrogen) atoms. The highest BCUT2D eigenvalue weighted by Crippen LogP contribution is 2.31. The molecule has 8 heteroatoms. The lowest BCUT2D eigenvalue weighted by Gasteiger charge is -2.27. The zero-order chi connectivity index (χ0) is 17.2. The Labute approximate surface area is 160 Å². The normalized spacial score (nSPS) is 14.5. The molecule has 1 aromatic carbocycles. The maximum atomic E-state index is 11.9. The van der Waals surface area contributed by atoms with E-state index in [2.05, 4.69) is 15.5 Å². The third-order valence-corrected chi connectivity index (χ3v) is 4.91. The van der Waals surface area contributed by atoms with E-state index in [-0.39, 0.29) is 18.3 Å². The lowest BCUT2D eigenvalue weighted by Crippen LogP contribution is -2.46. The molecule has 2 rings (SSSR count). The summed E-state index contributed by atoms with van der Waals surface area (Å²) in [6.45, 7) is 5.85. The predicted molar refractivity (Wildman–Crippen MR) is 104 cm³/mol. The molecule has 1 aromatic rings. The fourth-order valence-corrected chi connectivity index (χ4v) is 3.42. The number of piperazine rings is 1. The monoisotopic (exact) mass is 389 g/mol. The zero-order valence-corrected chi connectivity index (χ0v) is 16.5. The van der Waals surface area contributed by atoms with Crippen molar-refractivity contribution in [2.24, 2.45) is 0 Å². The van der Waals surface area contributed by atoms with E-state index >= 15 is 0 Å². The van der Waals surface area contributed by atoms with E-state index in [0.29, 0.717) is 17.9 Å². The van der Waals surface area contributed by atoms with Gasteiger partial charge in [0.25, 0.3) is 0 Å². The number of carbonyl (C=O) groups excluding carboxylic acids is 1. The van der Waals surface area contributed by atoms with Gasteiger partial charge in [-0.15, -0.1) is 24.2 Å². The Kier molecular flexibility index (Phi) is 10.7. The van der Waals surface area contributed by atoms with Crippen molar-refractivity contribution < 1.29 is 14.3 Å². The molecule has 0 saturated carbocycles. The number of hydrogen-bond acceptors (Lipinski definition) is 6. The van der Waals surface area contributed by atoms with Gasteiger partial charge in [0, 0.05) is 56.3 Å². The SMILES string of the molecule is COc1ccc(SCCC(=O)NCCN2CCNCC2)cc1OC.Cl. The Bertz CT molecular complexity index is 528. The molecular weight excluding hydrogens is 362 g/mol. The lowest BCUT2D eigenvalue weighted by molar-refractivity contribution is -0.120. The van der Waals surface area contributed by atoms with Crippen LogP contribution in [-0.2, 0) is 4.79 Å². The van der Waals surface area contributed by atoms with Crippen LogP contribution in [0.5, 0.6) is 11.5 Å². The molecule has 0 atom stereocenters. The molecule has 1 aliphatic rings. The maximum Gasteiger partial charge on any atom is 0.220 e. The van der Waals surface area contributed by atoms with E-state index in [4.69, 9.17) is 9.47 Å². The molecule has 0 aliphatic carbocycles. The van der Waals surface area contributed by atoms with Gasteiger partial charge in [0.05, 0.1) is 14.2 Å². The van der Waals surface area contributed by atoms with Crippen LogP contribution in [0.15, 0.2) is 23.1 Å². The first kappa shape index (κ1) is 21.9. The summed E-state index contributed by atoms with van der Waals surface area (Å²) in [6, 6.07) is 5.80. The van der Waals surface area contributed by atoms with Gasteiger partial charge in [0.15, 0.2) is 11.5 Å². The molecule has 6 nitrogen and oxygen atoms in total. The third-order valence-electron chi connectivity index (χ3n) is 3.91. The van der Waals surface area contributed by atoms with Crippen LogP contribution in [0.4, 0.5) is 0 Å². The Balaban J connectivity index is 0.00000312. The van der Waals surface area contributed by atoms with E-state index in [1.54, 1.807) is 26.0 Å². The number of thioether (sulfide) groups is 1. The molecule has 0 spiro atoms. The Morgan fingerprint density at radius 2 is 1.96 bits per heavy atom. The summed E-state index contributed by atoms with van der Waals surface area (Å²) in [5, 5.41) is 6.32. The van der Waals surface area contributed by atoms with Gasteiger partial charge in [-0.3, -0.25) is 9.69 Å². The van der Waals surface area contributed by atoms with Gasteiger partial charge in [-0.1, -0.05) is 0 Å². The van der Waals surface area contributed by atoms with Crippen molar-refractivity contribution in [2.75, 3.05) is 59.2 Å². The van der Waals surface area contributed by atoms with Gasteiger partial charge in [-0.2, -0.15) is 0 Å². The van der Waals surface area contributed by atoms with Crippen molar-refractivity contribution in [3.63, 3.8) is 0 Å². The topological polar surface area (TPSA) is 62.8 Å². The predicted octanol–water partition coefficient (Wildman–Crippen LogP) is 1.63. The molecule has 0 aromatic heterocycles. The van der Waals surface area contributed by atoms with Gasteiger partial charge in [0.1, 0.15) is 0 Å². The number of benzene rings is 1. The van der Waals surface area contributed by atoms with Crippen LogP contribution in [0.25, 0.3) is 0 Å². The number of rotatable bonds is 9. The number of amides is 1. The summed E-state index contributed by atoms with van der Waals surface area (Å²) in [7, 11) is 3.24. The third kappa shape index (κ3) is 7.73. The second-order valence-electron chi connectivity index (χ2n) is 5.56. The smallest absolute Gasteiger partial charge is 0.220 e. The van der Waals surface area contributed by atoms with Gasteiger partial charge in [-0.05, 0) is 18.2 Å². The number of nitrogens with zero attached hydrogens (tertiary/aromatic N) is 1. The first-order chi connectivity index (χ1) is 11.7. The molecule has 0 bridgehead atoms. The fourth-order valence-electron chi connectivity index (χ4n) is 2.54. The summed E-state index contributed by atoms with van der Waals surface area (Å²) in [6.07, 6.45) is 0.514. The van der Waals surface area contributed by atoms with Gasteiger partial charge < -0.3 is 20.1 Å². The summed E-state index contributed by atoms with van der Waals surface area (Å²) >= 11 is 1.64. The van der Waals surface area contributed by atoms with Gasteiger partial charge in [0.2, 0.25) is 5.91 Å². The molecule has 1 amide bonds. The largest absolute Gasteiger partial charge is 0.493 e. The van der Waals surface area contributed by atoms with Crippen LogP contribution in [0.1, 0.15) is 6.42 Å². The zero-order valence-electron chi connectivity index (χ0n) is 14.9. The van der Waals surface area contributed by atoms with E-state index in [1.807, 2.05) is 18.2 Å². The molecule has 1 aliphatic heterocycles. The van der Waals surface area contributed by atoms with Crippen molar-refractivity contribution in [1.82, 2.24) is 15.5 Å². The molecule has 142 valence electrons. The average molecular weight is 390 g/mol. The van der Waals surface area contributed by atoms with Crippen molar-refractivity contribution >= 4 is 30.1 Å². The number of hydrogen-bond donors (Lipinski definition) is 2. The Hall–Kier alpha value is -1.15. The van der Waals surface area contributed by atoms with Crippen molar-refractivity contribution in [2.45, 2.75) is 11.3 Å². The molecular formula is C17H28ClN3O3S.